The van der Waals surface area contributed by atoms with Crippen LogP contribution in [0.15, 0.2) is 83.8 Å². The fourth-order valence-corrected chi connectivity index (χ4v) is 3.83. The highest BCUT2D eigenvalue weighted by Gasteiger charge is 2.23. The van der Waals surface area contributed by atoms with E-state index in [4.69, 9.17) is 9.47 Å². The Hall–Kier alpha value is -3.36. The third kappa shape index (κ3) is 5.37. The lowest BCUT2D eigenvalue weighted by Crippen LogP contribution is -2.41. The van der Waals surface area contributed by atoms with Crippen LogP contribution in [0.3, 0.4) is 0 Å². The number of carbonyl (C=O) groups is 1. The van der Waals surface area contributed by atoms with Gasteiger partial charge in [-0.3, -0.25) is 4.79 Å². The lowest BCUT2D eigenvalue weighted by molar-refractivity contribution is -0.117. The summed E-state index contributed by atoms with van der Waals surface area (Å²) in [7, 11) is -2.38. The third-order valence-corrected chi connectivity index (χ3v) is 5.77. The lowest BCUT2D eigenvalue weighted by atomic mass is 10.2. The summed E-state index contributed by atoms with van der Waals surface area (Å²) in [6.07, 6.45) is 0. The summed E-state index contributed by atoms with van der Waals surface area (Å²) in [5, 5.41) is 2.71. The highest BCUT2D eigenvalue weighted by Crippen LogP contribution is 2.29. The number of ether oxygens (including phenoxy) is 2. The van der Waals surface area contributed by atoms with Crippen molar-refractivity contribution in [3.63, 3.8) is 0 Å². The molecule has 0 aliphatic carbocycles. The molecule has 0 saturated heterocycles. The number of sulfonamides is 1. The van der Waals surface area contributed by atoms with Crippen LogP contribution >= 0.6 is 0 Å². The number of hydrogen-bond donors (Lipinski definition) is 2. The molecule has 3 aromatic carbocycles. The number of amides is 1. The number of anilines is 1. The van der Waals surface area contributed by atoms with Gasteiger partial charge < -0.3 is 14.8 Å². The molecule has 0 saturated carbocycles. The minimum Gasteiger partial charge on any atom is -0.497 e. The molecule has 7 nitrogen and oxygen atoms in total. The van der Waals surface area contributed by atoms with E-state index >= 15 is 0 Å². The van der Waals surface area contributed by atoms with E-state index in [9.17, 15) is 13.2 Å². The minimum atomic E-state index is -3.88. The van der Waals surface area contributed by atoms with E-state index in [1.165, 1.54) is 38.3 Å². The Morgan fingerprint density at radius 1 is 0.867 bits per heavy atom. The molecule has 0 heterocycles. The lowest BCUT2D eigenvalue weighted by Gasteiger charge is -2.16. The molecule has 2 N–H and O–H groups in total. The summed E-state index contributed by atoms with van der Waals surface area (Å²) in [4.78, 5) is 12.7. The average Bonchev–Trinajstić information content (AvgIpc) is 2.75. The second kappa shape index (κ2) is 9.43. The van der Waals surface area contributed by atoms with Crippen LogP contribution in [0.2, 0.25) is 0 Å². The van der Waals surface area contributed by atoms with Gasteiger partial charge in [-0.05, 0) is 55.5 Å². The van der Waals surface area contributed by atoms with Crippen LogP contribution in [0.25, 0.3) is 0 Å². The average molecular weight is 426 g/mol. The zero-order chi connectivity index (χ0) is 21.6. The van der Waals surface area contributed by atoms with Gasteiger partial charge in [0.05, 0.1) is 23.7 Å². The monoisotopic (exact) mass is 426 g/mol. The van der Waals surface area contributed by atoms with E-state index in [1.807, 2.05) is 18.2 Å². The van der Waals surface area contributed by atoms with Gasteiger partial charge in [0.1, 0.15) is 11.5 Å². The van der Waals surface area contributed by atoms with Gasteiger partial charge in [-0.15, -0.1) is 0 Å². The number of para-hydroxylation sites is 3. The highest BCUT2D eigenvalue weighted by atomic mass is 32.2. The number of rotatable bonds is 8. The second-order valence-corrected chi connectivity index (χ2v) is 8.13. The summed E-state index contributed by atoms with van der Waals surface area (Å²) in [5.41, 5.74) is 0.432. The van der Waals surface area contributed by atoms with Crippen molar-refractivity contribution in [2.75, 3.05) is 12.4 Å². The van der Waals surface area contributed by atoms with Crippen molar-refractivity contribution in [2.45, 2.75) is 17.9 Å². The molecule has 1 atom stereocenters. The fraction of sp³-hybridized carbons (Fsp3) is 0.136. The molecule has 0 fully saturated rings. The minimum absolute atomic E-state index is 0.0377. The van der Waals surface area contributed by atoms with E-state index < -0.39 is 22.0 Å². The van der Waals surface area contributed by atoms with Gasteiger partial charge in [-0.2, -0.15) is 4.72 Å². The Morgan fingerprint density at radius 2 is 1.50 bits per heavy atom. The first-order valence-corrected chi connectivity index (χ1v) is 10.7. The standard InChI is InChI=1S/C22H22N2O5S/c1-16(24-30(26,27)19-14-12-17(28-2)13-15-19)22(25)23-20-10-6-7-11-21(20)29-18-8-4-3-5-9-18/h3-16,24H,1-2H3,(H,23,25)/t16-/m0/s1. The Morgan fingerprint density at radius 3 is 2.17 bits per heavy atom. The molecule has 0 spiro atoms. The van der Waals surface area contributed by atoms with E-state index in [2.05, 4.69) is 10.0 Å². The van der Waals surface area contributed by atoms with E-state index in [-0.39, 0.29) is 4.90 Å². The molecule has 0 aromatic heterocycles. The molecular formula is C22H22N2O5S. The van der Waals surface area contributed by atoms with Gasteiger partial charge in [0.2, 0.25) is 15.9 Å². The van der Waals surface area contributed by atoms with E-state index in [0.717, 1.165) is 0 Å². The van der Waals surface area contributed by atoms with Crippen LogP contribution in [0.1, 0.15) is 6.92 Å². The van der Waals surface area contributed by atoms with Crippen molar-refractivity contribution in [2.24, 2.45) is 0 Å². The molecule has 30 heavy (non-hydrogen) atoms. The summed E-state index contributed by atoms with van der Waals surface area (Å²) >= 11 is 0. The van der Waals surface area contributed by atoms with Gasteiger partial charge in [-0.25, -0.2) is 8.42 Å². The number of hydrogen-bond acceptors (Lipinski definition) is 5. The van der Waals surface area contributed by atoms with Gasteiger partial charge in [-0.1, -0.05) is 30.3 Å². The smallest absolute Gasteiger partial charge is 0.242 e. The summed E-state index contributed by atoms with van der Waals surface area (Å²) in [6.45, 7) is 1.47. The largest absolute Gasteiger partial charge is 0.497 e. The van der Waals surface area contributed by atoms with Crippen molar-refractivity contribution in [3.05, 3.63) is 78.9 Å². The fourth-order valence-electron chi connectivity index (χ4n) is 2.62. The van der Waals surface area contributed by atoms with Gasteiger partial charge in [0, 0.05) is 0 Å². The predicted molar refractivity (Wildman–Crippen MR) is 114 cm³/mol. The molecule has 0 aliphatic rings. The van der Waals surface area contributed by atoms with Gasteiger partial charge in [0.25, 0.3) is 0 Å². The molecule has 3 rings (SSSR count). The van der Waals surface area contributed by atoms with E-state index in [1.54, 1.807) is 36.4 Å². The maximum absolute atomic E-state index is 12.6. The van der Waals surface area contributed by atoms with Crippen LogP contribution in [-0.2, 0) is 14.8 Å². The van der Waals surface area contributed by atoms with Gasteiger partial charge >= 0.3 is 0 Å². The maximum atomic E-state index is 12.6. The number of carbonyl (C=O) groups excluding carboxylic acids is 1. The normalized spacial score (nSPS) is 12.1. The molecule has 1 amide bonds. The molecule has 156 valence electrons. The van der Waals surface area contributed by atoms with Gasteiger partial charge in [0.15, 0.2) is 5.75 Å². The van der Waals surface area contributed by atoms with Crippen LogP contribution in [0.4, 0.5) is 5.69 Å². The van der Waals surface area contributed by atoms with Crippen molar-refractivity contribution in [1.82, 2.24) is 4.72 Å². The van der Waals surface area contributed by atoms with Crippen LogP contribution in [0, 0.1) is 0 Å². The summed E-state index contributed by atoms with van der Waals surface area (Å²) in [6, 6.07) is 21.0. The van der Waals surface area contributed by atoms with Crippen LogP contribution in [0.5, 0.6) is 17.2 Å². The number of methoxy groups -OCH3 is 1. The van der Waals surface area contributed by atoms with E-state index in [0.29, 0.717) is 22.9 Å². The maximum Gasteiger partial charge on any atom is 0.242 e. The first-order chi connectivity index (χ1) is 14.4. The highest BCUT2D eigenvalue weighted by molar-refractivity contribution is 7.89. The Kier molecular flexibility index (Phi) is 6.71. The first-order valence-electron chi connectivity index (χ1n) is 9.18. The number of benzene rings is 3. The SMILES string of the molecule is COc1ccc(S(=O)(=O)N[C@@H](C)C(=O)Nc2ccccc2Oc2ccccc2)cc1. The first kappa shape index (κ1) is 21.4. The summed E-state index contributed by atoms with van der Waals surface area (Å²) < 4.78 is 38.3. The zero-order valence-corrected chi connectivity index (χ0v) is 17.3. The topological polar surface area (TPSA) is 93.7 Å². The van der Waals surface area contributed by atoms with Crippen molar-refractivity contribution in [1.29, 1.82) is 0 Å². The Bertz CT molecular complexity index is 1100. The number of nitrogens with one attached hydrogen (secondary N) is 2. The predicted octanol–water partition coefficient (Wildman–Crippen LogP) is 3.79. The molecule has 0 bridgehead atoms. The molecule has 3 aromatic rings. The zero-order valence-electron chi connectivity index (χ0n) is 16.5. The van der Waals surface area contributed by atoms with Crippen molar-refractivity contribution < 1.29 is 22.7 Å². The molecule has 8 heteroatoms. The Balaban J connectivity index is 1.70. The van der Waals surface area contributed by atoms with Crippen LogP contribution < -0.4 is 19.5 Å². The van der Waals surface area contributed by atoms with Crippen LogP contribution in [-0.4, -0.2) is 27.5 Å². The molecule has 0 unspecified atom stereocenters. The Labute approximate surface area is 175 Å². The molecule has 0 radical (unpaired) electrons. The quantitative estimate of drug-likeness (QED) is 0.572. The van der Waals surface area contributed by atoms with Crippen molar-refractivity contribution in [3.8, 4) is 17.2 Å². The summed E-state index contributed by atoms with van der Waals surface area (Å²) in [5.74, 6) is 1.08. The van der Waals surface area contributed by atoms with Crippen molar-refractivity contribution >= 4 is 21.6 Å². The second-order valence-electron chi connectivity index (χ2n) is 6.42. The molecule has 0 aliphatic heterocycles. The third-order valence-electron chi connectivity index (χ3n) is 4.21. The molecular weight excluding hydrogens is 404 g/mol.